The van der Waals surface area contributed by atoms with Gasteiger partial charge in [-0.3, -0.25) is 62.3 Å². The molecule has 0 aromatic heterocycles. The molecule has 0 radical (unpaired) electrons. The van der Waals surface area contributed by atoms with Gasteiger partial charge >= 0.3 is 0 Å². The Kier molecular flexibility index (Phi) is 50.8. The number of unbranched alkanes of at least 4 members (excludes halogenated alkanes) is 11. The third-order valence-electron chi connectivity index (χ3n) is 20.0. The SMILES string of the molecule is CC(=O)N[C@H]1CN(C(=O)CCCCC(=O)NCCCNC(=O)CCOCC(COCCC(=O)NCCCNC(=O)CCCCC(=O)N2C[C@H](NC(C)=O)[C@@H](O)[C@@H](O)C2)(COCCC(=O)NCCCNC(=O)CCCCC(=O)N2C[C@H](NC(C)=O)[C@@H](O)[C@@H](O)C2)NC(=O)CCCCCCCCCCCOCc2ccccc2)C[C@H](O)[C@@H]1O. The van der Waals surface area contributed by atoms with Crippen LogP contribution < -0.4 is 53.2 Å². The van der Waals surface area contributed by atoms with Crippen LogP contribution in [0.5, 0.6) is 0 Å². The lowest BCUT2D eigenvalue weighted by Gasteiger charge is -2.39. The highest BCUT2D eigenvalue weighted by molar-refractivity contribution is 5.81. The van der Waals surface area contributed by atoms with Gasteiger partial charge in [0.05, 0.1) is 82.7 Å². The van der Waals surface area contributed by atoms with Crippen LogP contribution in [0.15, 0.2) is 30.3 Å². The first-order valence-corrected chi connectivity index (χ1v) is 41.6. The fourth-order valence-electron chi connectivity index (χ4n) is 13.6. The molecule has 0 spiro atoms. The second-order valence-corrected chi connectivity index (χ2v) is 30.5. The maximum Gasteiger partial charge on any atom is 0.222 e. The van der Waals surface area contributed by atoms with E-state index in [2.05, 4.69) is 53.2 Å². The van der Waals surface area contributed by atoms with Crippen molar-refractivity contribution in [2.45, 2.75) is 267 Å². The number of likely N-dealkylation sites (tertiary alicyclic amines) is 3. The van der Waals surface area contributed by atoms with E-state index < -0.39 is 78.0 Å². The number of aliphatic hydroxyl groups is 6. The van der Waals surface area contributed by atoms with E-state index in [1.807, 2.05) is 30.3 Å². The number of carbonyl (C=O) groups excluding carboxylic acids is 13. The minimum absolute atomic E-state index is 0.0485. The Morgan fingerprint density at radius 1 is 0.328 bits per heavy atom. The molecular weight excluding hydrogens is 1510 g/mol. The topological polar surface area (TPSA) is 510 Å². The van der Waals surface area contributed by atoms with Crippen LogP contribution in [0.25, 0.3) is 0 Å². The summed E-state index contributed by atoms with van der Waals surface area (Å²) in [6.45, 7) is 5.59. The van der Waals surface area contributed by atoms with Gasteiger partial charge in [0.15, 0.2) is 0 Å². The van der Waals surface area contributed by atoms with Gasteiger partial charge in [-0.05, 0) is 76.2 Å². The van der Waals surface area contributed by atoms with Gasteiger partial charge in [0.1, 0.15) is 23.9 Å². The van der Waals surface area contributed by atoms with Crippen LogP contribution in [0.3, 0.4) is 0 Å². The number of benzene rings is 1. The zero-order valence-electron chi connectivity index (χ0n) is 68.5. The van der Waals surface area contributed by atoms with Crippen LogP contribution in [0.1, 0.15) is 206 Å². The van der Waals surface area contributed by atoms with Crippen molar-refractivity contribution in [3.8, 4) is 0 Å². The molecular formula is C80H135N13O23. The number of nitrogens with zero attached hydrogens (tertiary/aromatic N) is 3. The highest BCUT2D eigenvalue weighted by atomic mass is 16.5. The zero-order valence-corrected chi connectivity index (χ0v) is 68.5. The molecule has 1 aromatic rings. The van der Waals surface area contributed by atoms with Gasteiger partial charge in [0, 0.05) is 170 Å². The lowest BCUT2D eigenvalue weighted by molar-refractivity contribution is -0.142. The lowest BCUT2D eigenvalue weighted by atomic mass is 9.98. The van der Waals surface area contributed by atoms with Gasteiger partial charge in [0.25, 0.3) is 0 Å². The third kappa shape index (κ3) is 44.5. The molecule has 13 amide bonds. The summed E-state index contributed by atoms with van der Waals surface area (Å²) < 4.78 is 24.2. The summed E-state index contributed by atoms with van der Waals surface area (Å²) in [4.78, 5) is 169. The standard InChI is InChI=1S/C80H135N13O23/c1-57(94)87-61-47-91(50-64(97)77(61)110)74(107)31-18-15-27-67(100)81-37-22-40-84-70(103)34-44-114-54-80(90-73(106)30-14-9-7-5-4-6-8-10-21-43-113-53-60-25-12-11-13-26-60,55-115-45-35-71(104)85-41-23-38-82-68(101)28-16-19-32-75(108)92-48-62(88-58(2)95)78(111)65(98)51-92)56-116-46-36-72(105)86-42-24-39-83-69(102)29-17-20-33-76(109)93-49-63(89-59(3)96)79(112)66(99)52-93/h11-13,25-26,61-66,77-79,97-99,110-112H,4-10,14-24,27-56H2,1-3H3,(H,81,100)(H,82,101)(H,83,102)(H,84,103)(H,85,104)(H,86,105)(H,87,94)(H,88,95)(H,89,96)(H,90,106)/t61-,62-,63-,64-,65-,66-,77+,78+,79+/m0/s1. The third-order valence-corrected chi connectivity index (χ3v) is 20.0. The smallest absolute Gasteiger partial charge is 0.222 e. The molecule has 16 N–H and O–H groups in total. The van der Waals surface area contributed by atoms with E-state index in [1.54, 1.807) is 0 Å². The fourth-order valence-corrected chi connectivity index (χ4v) is 13.6. The highest BCUT2D eigenvalue weighted by Crippen LogP contribution is 2.20. The number of piperidine rings is 3. The second kappa shape index (κ2) is 58.7. The molecule has 36 nitrogen and oxygen atoms in total. The van der Waals surface area contributed by atoms with Gasteiger partial charge in [0.2, 0.25) is 76.8 Å². The molecule has 3 saturated heterocycles. The van der Waals surface area contributed by atoms with E-state index >= 15 is 0 Å². The molecule has 4 rings (SSSR count). The van der Waals surface area contributed by atoms with E-state index in [0.29, 0.717) is 77.4 Å². The maximum absolute atomic E-state index is 14.0. The highest BCUT2D eigenvalue weighted by Gasteiger charge is 2.40. The second-order valence-electron chi connectivity index (χ2n) is 30.5. The Hall–Kier alpha value is -8.07. The molecule has 0 aliphatic carbocycles. The van der Waals surface area contributed by atoms with Crippen LogP contribution in [0.2, 0.25) is 0 Å². The molecule has 1 aromatic carbocycles. The summed E-state index contributed by atoms with van der Waals surface area (Å²) in [7, 11) is 0. The van der Waals surface area contributed by atoms with Crippen LogP contribution in [-0.2, 0) is 87.9 Å². The van der Waals surface area contributed by atoms with Crippen molar-refractivity contribution in [1.29, 1.82) is 0 Å². The van der Waals surface area contributed by atoms with Crippen molar-refractivity contribution in [3.63, 3.8) is 0 Å². The Morgan fingerprint density at radius 2 is 0.603 bits per heavy atom. The van der Waals surface area contributed by atoms with Crippen molar-refractivity contribution in [2.75, 3.05) is 125 Å². The predicted molar refractivity (Wildman–Crippen MR) is 425 cm³/mol. The summed E-state index contributed by atoms with van der Waals surface area (Å²) in [5.41, 5.74) is -0.239. The first kappa shape index (κ1) is 100. The Labute approximate surface area is 682 Å². The fraction of sp³-hybridized carbons (Fsp3) is 0.762. The molecule has 3 aliphatic rings. The first-order valence-electron chi connectivity index (χ1n) is 41.6. The Morgan fingerprint density at radius 3 is 0.922 bits per heavy atom. The zero-order chi connectivity index (χ0) is 84.9. The first-order chi connectivity index (χ1) is 55.6. The van der Waals surface area contributed by atoms with E-state index in [1.165, 1.54) is 35.5 Å². The number of aliphatic hydroxyl groups excluding tert-OH is 6. The summed E-state index contributed by atoms with van der Waals surface area (Å²) in [5, 5.41) is 89.1. The number of β-amino-alcohol motifs (C(OH)–C–C–N with tert-alkyl or cyclic N) is 3. The Bertz CT molecular complexity index is 2870. The molecule has 0 bridgehead atoms. The van der Waals surface area contributed by atoms with Gasteiger partial charge in [-0.1, -0.05) is 75.3 Å². The number of hydrogen-bond acceptors (Lipinski definition) is 23. The van der Waals surface area contributed by atoms with E-state index in [0.717, 1.165) is 56.9 Å². The monoisotopic (exact) mass is 1650 g/mol. The maximum atomic E-state index is 14.0. The van der Waals surface area contributed by atoms with Gasteiger partial charge < -0.3 is 117 Å². The minimum Gasteiger partial charge on any atom is -0.388 e. The molecule has 9 atom stereocenters. The number of amides is 13. The van der Waals surface area contributed by atoms with Crippen molar-refractivity contribution >= 4 is 76.8 Å². The molecule has 116 heavy (non-hydrogen) atoms. The Balaban J connectivity index is 1.27. The molecule has 658 valence electrons. The number of rotatable bonds is 60. The van der Waals surface area contributed by atoms with Crippen LogP contribution in [-0.4, -0.2) is 307 Å². The number of hydrogen-bond donors (Lipinski definition) is 16. The summed E-state index contributed by atoms with van der Waals surface area (Å²) in [6, 6.07) is 7.64. The number of carbonyl (C=O) groups is 13. The largest absolute Gasteiger partial charge is 0.388 e. The van der Waals surface area contributed by atoms with Gasteiger partial charge in [-0.25, -0.2) is 0 Å². The van der Waals surface area contributed by atoms with Crippen molar-refractivity contribution in [1.82, 2.24) is 67.9 Å². The molecule has 3 aliphatic heterocycles. The summed E-state index contributed by atoms with van der Waals surface area (Å²) in [5.74, 6) is -4.12. The van der Waals surface area contributed by atoms with Crippen LogP contribution in [0, 0.1) is 0 Å². The average Bonchev–Trinajstić information content (AvgIpc) is 0.857. The van der Waals surface area contributed by atoms with Crippen LogP contribution in [0.4, 0.5) is 0 Å². The van der Waals surface area contributed by atoms with E-state index in [9.17, 15) is 93.0 Å². The summed E-state index contributed by atoms with van der Waals surface area (Å²) >= 11 is 0. The van der Waals surface area contributed by atoms with Crippen LogP contribution >= 0.6 is 0 Å². The van der Waals surface area contributed by atoms with Gasteiger partial charge in [-0.2, -0.15) is 0 Å². The quantitative estimate of drug-likeness (QED) is 0.0345. The van der Waals surface area contributed by atoms with E-state index in [4.69, 9.17) is 18.9 Å². The molecule has 36 heteroatoms. The molecule has 3 fully saturated rings. The van der Waals surface area contributed by atoms with Crippen molar-refractivity contribution in [2.24, 2.45) is 0 Å². The minimum atomic E-state index is -1.39. The number of ether oxygens (including phenoxy) is 4. The van der Waals surface area contributed by atoms with Gasteiger partial charge in [-0.15, -0.1) is 0 Å². The van der Waals surface area contributed by atoms with Crippen molar-refractivity contribution in [3.05, 3.63) is 35.9 Å². The van der Waals surface area contributed by atoms with E-state index in [-0.39, 0.29) is 241 Å². The predicted octanol–water partition coefficient (Wildman–Crippen LogP) is -1.07. The molecule has 0 unspecified atom stereocenters. The summed E-state index contributed by atoms with van der Waals surface area (Å²) in [6.07, 6.45) is 5.69. The average molecular weight is 1650 g/mol. The lowest BCUT2D eigenvalue weighted by Crippen LogP contribution is -2.62. The number of nitrogens with one attached hydrogen (secondary N) is 10. The van der Waals surface area contributed by atoms with Crippen molar-refractivity contribution < 1.29 is 112 Å². The normalized spacial score (nSPS) is 19.4. The molecule has 0 saturated carbocycles. The molecule has 3 heterocycles.